The van der Waals surface area contributed by atoms with Gasteiger partial charge in [0.05, 0.1) is 5.02 Å². The molecule has 1 aromatic carbocycles. The monoisotopic (exact) mass is 353 g/mol. The molecule has 0 amide bonds. The number of halogens is 2. The first-order valence-electron chi connectivity index (χ1n) is 6.54. The number of carbonyl (C=O) groups is 1. The summed E-state index contributed by atoms with van der Waals surface area (Å²) < 4.78 is 5.41. The topological polar surface area (TPSA) is 86.8 Å². The smallest absolute Gasteiger partial charge is 0.374 e. The van der Waals surface area contributed by atoms with Crippen LogP contribution in [0.5, 0.6) is 5.75 Å². The average Bonchev–Trinajstić information content (AvgIpc) is 2.55. The number of amidine groups is 1. The molecule has 1 heterocycles. The second-order valence-electron chi connectivity index (χ2n) is 4.46. The van der Waals surface area contributed by atoms with E-state index in [1.54, 1.807) is 30.5 Å². The maximum absolute atomic E-state index is 11.9. The van der Waals surface area contributed by atoms with Crippen molar-refractivity contribution in [1.82, 2.24) is 4.98 Å². The molecule has 2 rings (SSSR count). The minimum Gasteiger partial charge on any atom is -0.477 e. The third kappa shape index (κ3) is 4.84. The largest absolute Gasteiger partial charge is 0.477 e. The number of benzene rings is 1. The lowest BCUT2D eigenvalue weighted by Gasteiger charge is -2.13. The molecule has 0 radical (unpaired) electrons. The van der Waals surface area contributed by atoms with E-state index in [-0.39, 0.29) is 10.9 Å². The molecule has 2 aromatic rings. The van der Waals surface area contributed by atoms with Crippen LogP contribution in [0.4, 0.5) is 0 Å². The van der Waals surface area contributed by atoms with Crippen LogP contribution in [0.2, 0.25) is 10.0 Å². The Morgan fingerprint density at radius 3 is 2.78 bits per heavy atom. The van der Waals surface area contributed by atoms with Gasteiger partial charge in [0, 0.05) is 23.0 Å². The van der Waals surface area contributed by atoms with E-state index in [0.717, 1.165) is 0 Å². The van der Waals surface area contributed by atoms with Crippen LogP contribution in [-0.4, -0.2) is 22.9 Å². The molecular weight excluding hydrogens is 341 g/mol. The van der Waals surface area contributed by atoms with Crippen LogP contribution in [0.25, 0.3) is 0 Å². The second-order valence-corrected chi connectivity index (χ2v) is 5.31. The zero-order valence-corrected chi connectivity index (χ0v) is 13.6. The second kappa shape index (κ2) is 7.80. The number of aromatic nitrogens is 1. The van der Waals surface area contributed by atoms with Gasteiger partial charge in [0.1, 0.15) is 5.75 Å². The number of ether oxygens (including phenoxy) is 1. The minimum absolute atomic E-state index is 0.0307. The number of hydrogen-bond acceptors (Lipinski definition) is 5. The molecule has 8 heteroatoms. The molecule has 1 aromatic heterocycles. The van der Waals surface area contributed by atoms with Gasteiger partial charge in [0.15, 0.2) is 11.9 Å². The third-order valence-electron chi connectivity index (χ3n) is 2.72. The van der Waals surface area contributed by atoms with E-state index in [1.807, 2.05) is 0 Å². The highest BCUT2D eigenvalue weighted by atomic mass is 35.5. The average molecular weight is 354 g/mol. The van der Waals surface area contributed by atoms with E-state index in [2.05, 4.69) is 10.1 Å². The van der Waals surface area contributed by atoms with Gasteiger partial charge in [-0.05, 0) is 37.3 Å². The maximum atomic E-state index is 11.9. The molecule has 0 saturated carbocycles. The van der Waals surface area contributed by atoms with Crippen molar-refractivity contribution >= 4 is 35.0 Å². The number of rotatable bonds is 5. The highest BCUT2D eigenvalue weighted by Gasteiger charge is 2.18. The van der Waals surface area contributed by atoms with E-state index in [4.69, 9.17) is 38.5 Å². The molecule has 0 fully saturated rings. The van der Waals surface area contributed by atoms with Gasteiger partial charge in [-0.3, -0.25) is 4.98 Å². The summed E-state index contributed by atoms with van der Waals surface area (Å²) in [7, 11) is 0. The van der Waals surface area contributed by atoms with Gasteiger partial charge in [0.2, 0.25) is 0 Å². The number of carbonyl (C=O) groups excluding carboxylic acids is 1. The predicted octanol–water partition coefficient (Wildman–Crippen LogP) is 3.02. The zero-order chi connectivity index (χ0) is 16.8. The van der Waals surface area contributed by atoms with Crippen LogP contribution in [-0.2, 0) is 9.63 Å². The molecule has 6 nitrogen and oxygen atoms in total. The molecule has 1 atom stereocenters. The van der Waals surface area contributed by atoms with Gasteiger partial charge in [-0.25, -0.2) is 4.79 Å². The lowest BCUT2D eigenvalue weighted by molar-refractivity contribution is -0.151. The summed E-state index contributed by atoms with van der Waals surface area (Å²) in [6.07, 6.45) is 2.16. The Labute approximate surface area is 142 Å². The molecule has 23 heavy (non-hydrogen) atoms. The quantitative estimate of drug-likeness (QED) is 0.386. The van der Waals surface area contributed by atoms with Gasteiger partial charge < -0.3 is 15.3 Å². The summed E-state index contributed by atoms with van der Waals surface area (Å²) in [4.78, 5) is 20.5. The summed E-state index contributed by atoms with van der Waals surface area (Å²) in [5.41, 5.74) is 6.23. The summed E-state index contributed by atoms with van der Waals surface area (Å²) in [5, 5.41) is 4.32. The van der Waals surface area contributed by atoms with Crippen molar-refractivity contribution in [3.8, 4) is 5.75 Å². The Hall–Kier alpha value is -2.31. The normalized spacial score (nSPS) is 12.6. The number of nitrogens with zero attached hydrogens (tertiary/aromatic N) is 2. The Morgan fingerprint density at radius 2 is 2.13 bits per heavy atom. The van der Waals surface area contributed by atoms with Gasteiger partial charge in [-0.2, -0.15) is 0 Å². The number of pyridine rings is 1. The van der Waals surface area contributed by atoms with Gasteiger partial charge in [-0.1, -0.05) is 28.4 Å². The van der Waals surface area contributed by atoms with Gasteiger partial charge in [0.25, 0.3) is 0 Å². The molecule has 2 N–H and O–H groups in total. The van der Waals surface area contributed by atoms with Crippen LogP contribution in [0.1, 0.15) is 12.5 Å². The van der Waals surface area contributed by atoms with Crippen molar-refractivity contribution in [2.45, 2.75) is 13.0 Å². The number of nitrogens with two attached hydrogens (primary N) is 1. The Balaban J connectivity index is 1.97. The SMILES string of the molecule is C[C@H](Oc1ccc(Cl)cc1Cl)C(=O)O/N=C(/N)c1cccnc1. The molecule has 0 spiro atoms. The zero-order valence-electron chi connectivity index (χ0n) is 12.1. The molecular formula is C15H13Cl2N3O3. The molecule has 0 aliphatic carbocycles. The fraction of sp³-hybridized carbons (Fsp3) is 0.133. The highest BCUT2D eigenvalue weighted by molar-refractivity contribution is 6.35. The van der Waals surface area contributed by atoms with Gasteiger partial charge >= 0.3 is 5.97 Å². The molecule has 0 aliphatic rings. The fourth-order valence-corrected chi connectivity index (χ4v) is 2.00. The van der Waals surface area contributed by atoms with E-state index >= 15 is 0 Å². The van der Waals surface area contributed by atoms with Crippen LogP contribution in [0.15, 0.2) is 47.9 Å². The lowest BCUT2D eigenvalue weighted by atomic mass is 10.3. The van der Waals surface area contributed by atoms with Crippen LogP contribution in [0, 0.1) is 0 Å². The van der Waals surface area contributed by atoms with Crippen molar-refractivity contribution in [2.75, 3.05) is 0 Å². The minimum atomic E-state index is -0.931. The van der Waals surface area contributed by atoms with Crippen LogP contribution >= 0.6 is 23.2 Å². The molecule has 0 bridgehead atoms. The number of oxime groups is 1. The summed E-state index contributed by atoms with van der Waals surface area (Å²) in [6.45, 7) is 1.50. The molecule has 0 aliphatic heterocycles. The highest BCUT2D eigenvalue weighted by Crippen LogP contribution is 2.28. The van der Waals surface area contributed by atoms with Gasteiger partial charge in [-0.15, -0.1) is 0 Å². The van der Waals surface area contributed by atoms with Crippen LogP contribution in [0.3, 0.4) is 0 Å². The molecule has 0 unspecified atom stereocenters. The van der Waals surface area contributed by atoms with Crippen molar-refractivity contribution < 1.29 is 14.4 Å². The van der Waals surface area contributed by atoms with Crippen LogP contribution < -0.4 is 10.5 Å². The number of hydrogen-bond donors (Lipinski definition) is 1. The van der Waals surface area contributed by atoms with Crippen molar-refractivity contribution in [1.29, 1.82) is 0 Å². The summed E-state index contributed by atoms with van der Waals surface area (Å²) in [5.74, 6) is -0.379. The van der Waals surface area contributed by atoms with Crippen molar-refractivity contribution in [3.63, 3.8) is 0 Å². The van der Waals surface area contributed by atoms with E-state index in [0.29, 0.717) is 16.3 Å². The Morgan fingerprint density at radius 1 is 1.35 bits per heavy atom. The first kappa shape index (κ1) is 17.1. The summed E-state index contributed by atoms with van der Waals surface area (Å²) >= 11 is 11.8. The third-order valence-corrected chi connectivity index (χ3v) is 3.25. The standard InChI is InChI=1S/C15H13Cl2N3O3/c1-9(22-13-5-4-11(16)7-12(13)17)15(21)23-20-14(18)10-3-2-6-19-8-10/h2-9H,1H3,(H2,18,20)/t9-/m0/s1. The Kier molecular flexibility index (Phi) is 5.78. The lowest BCUT2D eigenvalue weighted by Crippen LogP contribution is -2.26. The predicted molar refractivity (Wildman–Crippen MR) is 87.6 cm³/mol. The fourth-order valence-electron chi connectivity index (χ4n) is 1.54. The molecule has 0 saturated heterocycles. The maximum Gasteiger partial charge on any atom is 0.374 e. The van der Waals surface area contributed by atoms with E-state index < -0.39 is 12.1 Å². The summed E-state index contributed by atoms with van der Waals surface area (Å²) in [6, 6.07) is 8.04. The van der Waals surface area contributed by atoms with E-state index in [9.17, 15) is 4.79 Å². The first-order chi connectivity index (χ1) is 11.0. The Bertz CT molecular complexity index is 723. The van der Waals surface area contributed by atoms with Crippen molar-refractivity contribution in [2.24, 2.45) is 10.9 Å². The molecule has 120 valence electrons. The van der Waals surface area contributed by atoms with Crippen molar-refractivity contribution in [3.05, 3.63) is 58.3 Å². The van der Waals surface area contributed by atoms with E-state index in [1.165, 1.54) is 19.2 Å². The first-order valence-corrected chi connectivity index (χ1v) is 7.29.